The molecule has 0 radical (unpaired) electrons. The number of aromatic nitrogens is 3. The molecule has 2 heterocycles. The molecule has 0 unspecified atom stereocenters. The maximum Gasteiger partial charge on any atom is 0.192 e. The van der Waals surface area contributed by atoms with Crippen molar-refractivity contribution in [3.05, 3.63) is 52.4 Å². The van der Waals surface area contributed by atoms with E-state index in [0.717, 1.165) is 22.4 Å². The Balaban J connectivity index is 1.80. The minimum absolute atomic E-state index is 0.0555. The van der Waals surface area contributed by atoms with E-state index in [9.17, 15) is 4.79 Å². The van der Waals surface area contributed by atoms with E-state index in [0.29, 0.717) is 10.6 Å². The van der Waals surface area contributed by atoms with Crippen molar-refractivity contribution in [3.63, 3.8) is 0 Å². The number of benzene rings is 1. The molecular weight excluding hydrogens is 362 g/mol. The first-order chi connectivity index (χ1) is 11.6. The molecule has 0 aliphatic rings. The Kier molecular flexibility index (Phi) is 5.38. The molecule has 0 fully saturated rings. The molecule has 0 amide bonds. The molecular formula is C17H16ClN3OS2. The highest BCUT2D eigenvalue weighted by atomic mass is 35.5. The Labute approximate surface area is 153 Å². The third-order valence-corrected chi connectivity index (χ3v) is 5.75. The number of thiophene rings is 1. The Bertz CT molecular complexity index is 828. The number of rotatable bonds is 6. The zero-order valence-electron chi connectivity index (χ0n) is 13.3. The van der Waals surface area contributed by atoms with Gasteiger partial charge in [0.15, 0.2) is 16.8 Å². The summed E-state index contributed by atoms with van der Waals surface area (Å²) in [6, 6.07) is 11.0. The van der Waals surface area contributed by atoms with Crippen LogP contribution in [0.2, 0.25) is 5.02 Å². The van der Waals surface area contributed by atoms with Gasteiger partial charge in [-0.15, -0.1) is 21.5 Å². The van der Waals surface area contributed by atoms with Gasteiger partial charge in [-0.1, -0.05) is 29.4 Å². The lowest BCUT2D eigenvalue weighted by atomic mass is 10.1. The molecule has 0 aliphatic heterocycles. The average molecular weight is 378 g/mol. The highest BCUT2D eigenvalue weighted by Crippen LogP contribution is 2.30. The molecule has 2 aromatic heterocycles. The second-order valence-corrected chi connectivity index (χ2v) is 7.85. The molecule has 0 saturated heterocycles. The van der Waals surface area contributed by atoms with E-state index in [1.165, 1.54) is 11.8 Å². The molecule has 124 valence electrons. The van der Waals surface area contributed by atoms with E-state index in [1.807, 2.05) is 29.0 Å². The van der Waals surface area contributed by atoms with Gasteiger partial charge in [0.2, 0.25) is 0 Å². The normalized spacial score (nSPS) is 12.3. The molecule has 0 N–H and O–H groups in total. The molecule has 7 heteroatoms. The second-order valence-electron chi connectivity index (χ2n) is 5.16. The summed E-state index contributed by atoms with van der Waals surface area (Å²) < 4.78 is 2.04. The lowest BCUT2D eigenvalue weighted by Crippen LogP contribution is -2.14. The van der Waals surface area contributed by atoms with E-state index < -0.39 is 0 Å². The van der Waals surface area contributed by atoms with Crippen LogP contribution in [0.4, 0.5) is 0 Å². The van der Waals surface area contributed by atoms with Crippen LogP contribution < -0.4 is 0 Å². The molecule has 24 heavy (non-hydrogen) atoms. The molecule has 3 aromatic rings. The predicted molar refractivity (Wildman–Crippen MR) is 100 cm³/mol. The topological polar surface area (TPSA) is 47.8 Å². The first-order valence-electron chi connectivity index (χ1n) is 7.53. The van der Waals surface area contributed by atoms with Gasteiger partial charge in [-0.25, -0.2) is 0 Å². The fourth-order valence-electron chi connectivity index (χ4n) is 2.31. The smallest absolute Gasteiger partial charge is 0.192 e. The largest absolute Gasteiger partial charge is 0.302 e. The van der Waals surface area contributed by atoms with Crippen LogP contribution in [0, 0.1) is 0 Å². The quantitative estimate of drug-likeness (QED) is 0.445. The van der Waals surface area contributed by atoms with Crippen LogP contribution in [0.15, 0.2) is 46.9 Å². The van der Waals surface area contributed by atoms with Crippen LogP contribution in [0.1, 0.15) is 24.2 Å². The fraction of sp³-hybridized carbons (Fsp3) is 0.235. The number of nitrogens with zero attached hydrogens (tertiary/aromatic N) is 3. The molecule has 1 aromatic carbocycles. The number of carbonyl (C=O) groups excluding carboxylic acids is 1. The van der Waals surface area contributed by atoms with Gasteiger partial charge < -0.3 is 4.57 Å². The maximum absolute atomic E-state index is 12.6. The number of hydrogen-bond donors (Lipinski definition) is 0. The Hall–Kier alpha value is -1.63. The van der Waals surface area contributed by atoms with Crippen molar-refractivity contribution < 1.29 is 4.79 Å². The van der Waals surface area contributed by atoms with Crippen molar-refractivity contribution in [1.82, 2.24) is 14.8 Å². The van der Waals surface area contributed by atoms with Crippen LogP contribution in [-0.2, 0) is 6.54 Å². The summed E-state index contributed by atoms with van der Waals surface area (Å²) in [5, 5.41) is 11.7. The lowest BCUT2D eigenvalue weighted by Gasteiger charge is -2.11. The van der Waals surface area contributed by atoms with Crippen molar-refractivity contribution in [2.75, 3.05) is 0 Å². The van der Waals surface area contributed by atoms with E-state index >= 15 is 0 Å². The second kappa shape index (κ2) is 7.51. The zero-order valence-corrected chi connectivity index (χ0v) is 15.7. The minimum atomic E-state index is -0.253. The number of halogens is 1. The summed E-state index contributed by atoms with van der Waals surface area (Å²) in [5.41, 5.74) is 0.653. The number of Topliss-reactive ketones (excluding diaryl/α,β-unsaturated/α-hetero) is 1. The van der Waals surface area contributed by atoms with Crippen molar-refractivity contribution in [2.45, 2.75) is 30.8 Å². The monoisotopic (exact) mass is 377 g/mol. The number of hydrogen-bond acceptors (Lipinski definition) is 5. The van der Waals surface area contributed by atoms with Crippen LogP contribution in [0.25, 0.3) is 10.7 Å². The summed E-state index contributed by atoms with van der Waals surface area (Å²) >= 11 is 8.94. The van der Waals surface area contributed by atoms with E-state index in [1.54, 1.807) is 35.6 Å². The number of thioether (sulfide) groups is 1. The van der Waals surface area contributed by atoms with Gasteiger partial charge in [-0.05, 0) is 49.6 Å². The van der Waals surface area contributed by atoms with E-state index in [-0.39, 0.29) is 11.0 Å². The molecule has 1 atom stereocenters. The first-order valence-corrected chi connectivity index (χ1v) is 9.67. The van der Waals surface area contributed by atoms with Crippen molar-refractivity contribution in [3.8, 4) is 10.7 Å². The fourth-order valence-corrected chi connectivity index (χ4v) is 4.14. The molecule has 0 saturated carbocycles. The van der Waals surface area contributed by atoms with Gasteiger partial charge >= 0.3 is 0 Å². The molecule has 0 aliphatic carbocycles. The van der Waals surface area contributed by atoms with Crippen LogP contribution in [-0.4, -0.2) is 25.8 Å². The molecule has 3 rings (SSSR count). The summed E-state index contributed by atoms with van der Waals surface area (Å²) in [6.45, 7) is 4.70. The van der Waals surface area contributed by atoms with Gasteiger partial charge in [-0.2, -0.15) is 0 Å². The van der Waals surface area contributed by atoms with Gasteiger partial charge in [-0.3, -0.25) is 4.79 Å². The van der Waals surface area contributed by atoms with Gasteiger partial charge in [0.1, 0.15) is 0 Å². The standard InChI is InChI=1S/C17H16ClN3OS2/c1-3-21-16(14-5-4-10-23-14)19-20-17(21)24-11(2)15(22)12-6-8-13(18)9-7-12/h4-11H,3H2,1-2H3/t11-/m1/s1. The average Bonchev–Trinajstić information content (AvgIpc) is 3.23. The minimum Gasteiger partial charge on any atom is -0.302 e. The third-order valence-electron chi connectivity index (χ3n) is 3.55. The van der Waals surface area contributed by atoms with E-state index in [2.05, 4.69) is 17.1 Å². The number of ketones is 1. The summed E-state index contributed by atoms with van der Waals surface area (Å²) in [6.07, 6.45) is 0. The van der Waals surface area contributed by atoms with Crippen molar-refractivity contribution in [2.24, 2.45) is 0 Å². The summed E-state index contributed by atoms with van der Waals surface area (Å²) in [4.78, 5) is 13.7. The molecule has 0 bridgehead atoms. The highest BCUT2D eigenvalue weighted by molar-refractivity contribution is 8.00. The van der Waals surface area contributed by atoms with Crippen LogP contribution in [0.3, 0.4) is 0 Å². The van der Waals surface area contributed by atoms with Gasteiger partial charge in [0.05, 0.1) is 10.1 Å². The van der Waals surface area contributed by atoms with Crippen LogP contribution >= 0.6 is 34.7 Å². The van der Waals surface area contributed by atoms with Gasteiger partial charge in [0, 0.05) is 17.1 Å². The molecule has 4 nitrogen and oxygen atoms in total. The number of carbonyl (C=O) groups is 1. The predicted octanol–water partition coefficient (Wildman–Crippen LogP) is 5.04. The SMILES string of the molecule is CCn1c(S[C@H](C)C(=O)c2ccc(Cl)cc2)nnc1-c1cccs1. The maximum atomic E-state index is 12.6. The highest BCUT2D eigenvalue weighted by Gasteiger charge is 2.21. The van der Waals surface area contributed by atoms with Crippen molar-refractivity contribution in [1.29, 1.82) is 0 Å². The van der Waals surface area contributed by atoms with E-state index in [4.69, 9.17) is 11.6 Å². The first kappa shape index (κ1) is 17.2. The summed E-state index contributed by atoms with van der Waals surface area (Å²) in [5.74, 6) is 0.904. The van der Waals surface area contributed by atoms with Crippen LogP contribution in [0.5, 0.6) is 0 Å². The zero-order chi connectivity index (χ0) is 17.1. The molecule has 0 spiro atoms. The summed E-state index contributed by atoms with van der Waals surface area (Å²) in [7, 11) is 0. The lowest BCUT2D eigenvalue weighted by molar-refractivity contribution is 0.0994. The Morgan fingerprint density at radius 3 is 2.67 bits per heavy atom. The Morgan fingerprint density at radius 1 is 1.29 bits per heavy atom. The van der Waals surface area contributed by atoms with Gasteiger partial charge in [0.25, 0.3) is 0 Å². The Morgan fingerprint density at radius 2 is 2.04 bits per heavy atom. The third kappa shape index (κ3) is 3.55. The van der Waals surface area contributed by atoms with Crippen molar-refractivity contribution >= 4 is 40.5 Å².